The van der Waals surface area contributed by atoms with E-state index in [9.17, 15) is 13.2 Å². The molecule has 0 atom stereocenters. The third kappa shape index (κ3) is 3.35. The van der Waals surface area contributed by atoms with Crippen LogP contribution in [-0.2, 0) is 12.7 Å². The molecule has 0 saturated carbocycles. The number of benzene rings is 1. The van der Waals surface area contributed by atoms with Gasteiger partial charge in [0.1, 0.15) is 0 Å². The minimum absolute atomic E-state index is 0.583. The molecule has 1 nitrogen and oxygen atoms in total. The van der Waals surface area contributed by atoms with Gasteiger partial charge in [-0.25, -0.2) is 0 Å². The first-order chi connectivity index (χ1) is 8.45. The minimum atomic E-state index is -4.25. The lowest BCUT2D eigenvalue weighted by Gasteiger charge is -2.25. The van der Waals surface area contributed by atoms with E-state index in [1.165, 1.54) is 5.57 Å². The molecule has 0 radical (unpaired) electrons. The van der Waals surface area contributed by atoms with E-state index in [0.717, 1.165) is 37.2 Å². The molecule has 0 aliphatic carbocycles. The third-order valence-electron chi connectivity index (χ3n) is 3.21. The molecule has 1 aromatic rings. The molecule has 1 heterocycles. The Bertz CT molecular complexity index is 431. The molecule has 0 unspecified atom stereocenters. The highest BCUT2D eigenvalue weighted by atomic mass is 19.4. The summed E-state index contributed by atoms with van der Waals surface area (Å²) in [5, 5.41) is 0. The lowest BCUT2D eigenvalue weighted by atomic mass is 10.1. The van der Waals surface area contributed by atoms with Gasteiger partial charge in [-0.3, -0.25) is 4.90 Å². The average molecular weight is 255 g/mol. The van der Waals surface area contributed by atoms with E-state index < -0.39 is 11.7 Å². The SMILES string of the molecule is CC1=CCN(Cc2ccc(C(F)(F)F)cc2)CC1. The van der Waals surface area contributed by atoms with Gasteiger partial charge in [0.15, 0.2) is 0 Å². The predicted octanol–water partition coefficient (Wildman–Crippen LogP) is 3.86. The molecular formula is C14H16F3N. The Kier molecular flexibility index (Phi) is 3.76. The minimum Gasteiger partial charge on any atom is -0.295 e. The third-order valence-corrected chi connectivity index (χ3v) is 3.21. The molecule has 1 aliphatic heterocycles. The first kappa shape index (κ1) is 13.1. The van der Waals surface area contributed by atoms with Crippen LogP contribution >= 0.6 is 0 Å². The Morgan fingerprint density at radius 1 is 1.17 bits per heavy atom. The zero-order valence-corrected chi connectivity index (χ0v) is 10.3. The van der Waals surface area contributed by atoms with Crippen molar-refractivity contribution in [2.24, 2.45) is 0 Å². The van der Waals surface area contributed by atoms with Crippen molar-refractivity contribution in [1.29, 1.82) is 0 Å². The Labute approximate surface area is 105 Å². The van der Waals surface area contributed by atoms with Crippen molar-refractivity contribution in [2.45, 2.75) is 26.1 Å². The van der Waals surface area contributed by atoms with E-state index >= 15 is 0 Å². The standard InChI is InChI=1S/C14H16F3N/c1-11-6-8-18(9-7-11)10-12-2-4-13(5-3-12)14(15,16)17/h2-6H,7-10H2,1H3. The fraction of sp³-hybridized carbons (Fsp3) is 0.429. The van der Waals surface area contributed by atoms with E-state index in [-0.39, 0.29) is 0 Å². The highest BCUT2D eigenvalue weighted by molar-refractivity contribution is 5.24. The van der Waals surface area contributed by atoms with Crippen LogP contribution in [0.25, 0.3) is 0 Å². The summed E-state index contributed by atoms with van der Waals surface area (Å²) >= 11 is 0. The molecule has 0 spiro atoms. The molecule has 4 heteroatoms. The molecule has 0 saturated heterocycles. The average Bonchev–Trinajstić information content (AvgIpc) is 2.32. The molecule has 1 aromatic carbocycles. The summed E-state index contributed by atoms with van der Waals surface area (Å²) in [6.45, 7) is 4.67. The second kappa shape index (κ2) is 5.14. The maximum Gasteiger partial charge on any atom is 0.416 e. The zero-order valence-electron chi connectivity index (χ0n) is 10.3. The van der Waals surface area contributed by atoms with Crippen LogP contribution in [0.15, 0.2) is 35.9 Å². The van der Waals surface area contributed by atoms with E-state index in [0.29, 0.717) is 6.54 Å². The lowest BCUT2D eigenvalue weighted by molar-refractivity contribution is -0.137. The molecule has 0 bridgehead atoms. The molecule has 18 heavy (non-hydrogen) atoms. The molecule has 0 amide bonds. The van der Waals surface area contributed by atoms with Crippen LogP contribution in [0.3, 0.4) is 0 Å². The summed E-state index contributed by atoms with van der Waals surface area (Å²) in [6, 6.07) is 5.43. The van der Waals surface area contributed by atoms with Crippen molar-refractivity contribution in [1.82, 2.24) is 4.90 Å². The summed E-state index contributed by atoms with van der Waals surface area (Å²) in [6.07, 6.45) is -1.03. The smallest absolute Gasteiger partial charge is 0.295 e. The van der Waals surface area contributed by atoms with Gasteiger partial charge in [0.05, 0.1) is 5.56 Å². The monoisotopic (exact) mass is 255 g/mol. The van der Waals surface area contributed by atoms with Crippen LogP contribution in [0.4, 0.5) is 13.2 Å². The van der Waals surface area contributed by atoms with E-state index in [4.69, 9.17) is 0 Å². The second-order valence-electron chi connectivity index (χ2n) is 4.73. The fourth-order valence-corrected chi connectivity index (χ4v) is 2.01. The van der Waals surface area contributed by atoms with Gasteiger partial charge in [-0.05, 0) is 31.0 Å². The molecular weight excluding hydrogens is 239 g/mol. The number of nitrogens with zero attached hydrogens (tertiary/aromatic N) is 1. The van der Waals surface area contributed by atoms with Crippen molar-refractivity contribution < 1.29 is 13.2 Å². The Balaban J connectivity index is 1.99. The predicted molar refractivity (Wildman–Crippen MR) is 65.1 cm³/mol. The molecule has 0 N–H and O–H groups in total. The molecule has 98 valence electrons. The van der Waals surface area contributed by atoms with Gasteiger partial charge in [0, 0.05) is 19.6 Å². The Morgan fingerprint density at radius 2 is 1.83 bits per heavy atom. The Morgan fingerprint density at radius 3 is 2.33 bits per heavy atom. The largest absolute Gasteiger partial charge is 0.416 e. The van der Waals surface area contributed by atoms with Crippen LogP contribution in [0.1, 0.15) is 24.5 Å². The summed E-state index contributed by atoms with van der Waals surface area (Å²) in [5.41, 5.74) is 1.73. The zero-order chi connectivity index (χ0) is 13.2. The van der Waals surface area contributed by atoms with Crippen molar-refractivity contribution in [3.8, 4) is 0 Å². The van der Waals surface area contributed by atoms with Gasteiger partial charge in [-0.1, -0.05) is 23.8 Å². The number of alkyl halides is 3. The van der Waals surface area contributed by atoms with Crippen LogP contribution in [0, 0.1) is 0 Å². The van der Waals surface area contributed by atoms with E-state index in [1.807, 2.05) is 0 Å². The summed E-state index contributed by atoms with van der Waals surface area (Å²) < 4.78 is 37.2. The molecule has 0 fully saturated rings. The van der Waals surface area contributed by atoms with Gasteiger partial charge in [-0.15, -0.1) is 0 Å². The second-order valence-corrected chi connectivity index (χ2v) is 4.73. The molecule has 2 rings (SSSR count). The summed E-state index contributed by atoms with van der Waals surface area (Å²) in [5.74, 6) is 0. The Hall–Kier alpha value is -1.29. The number of hydrogen-bond donors (Lipinski definition) is 0. The highest BCUT2D eigenvalue weighted by Crippen LogP contribution is 2.29. The highest BCUT2D eigenvalue weighted by Gasteiger charge is 2.29. The van der Waals surface area contributed by atoms with E-state index in [1.54, 1.807) is 12.1 Å². The van der Waals surface area contributed by atoms with Gasteiger partial charge in [0.25, 0.3) is 0 Å². The van der Waals surface area contributed by atoms with Gasteiger partial charge in [0.2, 0.25) is 0 Å². The van der Waals surface area contributed by atoms with Crippen molar-refractivity contribution in [3.05, 3.63) is 47.0 Å². The van der Waals surface area contributed by atoms with Crippen molar-refractivity contribution in [3.63, 3.8) is 0 Å². The number of hydrogen-bond acceptors (Lipinski definition) is 1. The summed E-state index contributed by atoms with van der Waals surface area (Å²) in [4.78, 5) is 2.23. The first-order valence-electron chi connectivity index (χ1n) is 5.99. The maximum atomic E-state index is 12.4. The van der Waals surface area contributed by atoms with Crippen molar-refractivity contribution in [2.75, 3.05) is 13.1 Å². The molecule has 0 aromatic heterocycles. The summed E-state index contributed by atoms with van der Waals surface area (Å²) in [7, 11) is 0. The first-order valence-corrected chi connectivity index (χ1v) is 5.99. The lowest BCUT2D eigenvalue weighted by Crippen LogP contribution is -2.27. The van der Waals surface area contributed by atoms with Crippen molar-refractivity contribution >= 4 is 0 Å². The number of halogens is 3. The normalized spacial score (nSPS) is 17.7. The van der Waals surface area contributed by atoms with Crippen LogP contribution < -0.4 is 0 Å². The fourth-order valence-electron chi connectivity index (χ4n) is 2.01. The van der Waals surface area contributed by atoms with Crippen LogP contribution in [-0.4, -0.2) is 18.0 Å². The van der Waals surface area contributed by atoms with Crippen LogP contribution in [0.2, 0.25) is 0 Å². The van der Waals surface area contributed by atoms with E-state index in [2.05, 4.69) is 17.9 Å². The topological polar surface area (TPSA) is 3.24 Å². The van der Waals surface area contributed by atoms with Crippen LogP contribution in [0.5, 0.6) is 0 Å². The quantitative estimate of drug-likeness (QED) is 0.725. The van der Waals surface area contributed by atoms with Gasteiger partial charge < -0.3 is 0 Å². The number of rotatable bonds is 2. The molecule has 1 aliphatic rings. The van der Waals surface area contributed by atoms with Gasteiger partial charge >= 0.3 is 6.18 Å². The maximum absolute atomic E-state index is 12.4. The van der Waals surface area contributed by atoms with Gasteiger partial charge in [-0.2, -0.15) is 13.2 Å².